The van der Waals surface area contributed by atoms with Crippen LogP contribution in [0.1, 0.15) is 11.1 Å². The van der Waals surface area contributed by atoms with Gasteiger partial charge in [0.2, 0.25) is 5.91 Å². The van der Waals surface area contributed by atoms with Crippen molar-refractivity contribution in [2.45, 2.75) is 20.4 Å². The van der Waals surface area contributed by atoms with Crippen LogP contribution in [0, 0.1) is 13.8 Å². The average Bonchev–Trinajstić information content (AvgIpc) is 2.56. The number of nitrogens with zero attached hydrogens (tertiary/aromatic N) is 2. The number of hydrogen-bond donors (Lipinski definition) is 1. The lowest BCUT2D eigenvalue weighted by Crippen LogP contribution is -2.29. The van der Waals surface area contributed by atoms with Gasteiger partial charge >= 0.3 is 0 Å². The number of hydrogen-bond acceptors (Lipinski definition) is 3. The fourth-order valence-electron chi connectivity index (χ4n) is 2.71. The van der Waals surface area contributed by atoms with E-state index in [1.807, 2.05) is 62.4 Å². The van der Waals surface area contributed by atoms with Crippen molar-refractivity contribution < 1.29 is 4.79 Å². The Balaban J connectivity index is 1.80. The first-order chi connectivity index (χ1) is 12.0. The molecule has 0 aliphatic heterocycles. The molecule has 1 amide bonds. The van der Waals surface area contributed by atoms with E-state index in [2.05, 4.69) is 10.4 Å². The maximum absolute atomic E-state index is 12.3. The van der Waals surface area contributed by atoms with Gasteiger partial charge in [-0.3, -0.25) is 9.59 Å². The highest BCUT2D eigenvalue weighted by Crippen LogP contribution is 2.15. The van der Waals surface area contributed by atoms with Crippen LogP contribution in [0.3, 0.4) is 0 Å². The van der Waals surface area contributed by atoms with Gasteiger partial charge in [0.05, 0.1) is 5.69 Å². The zero-order valence-corrected chi connectivity index (χ0v) is 14.2. The lowest BCUT2D eigenvalue weighted by molar-refractivity contribution is -0.117. The Kier molecular flexibility index (Phi) is 4.75. The molecule has 0 unspecified atom stereocenters. The largest absolute Gasteiger partial charge is 0.324 e. The van der Waals surface area contributed by atoms with Crippen LogP contribution in [0.2, 0.25) is 0 Å². The van der Waals surface area contributed by atoms with Crippen LogP contribution in [0.15, 0.2) is 65.5 Å². The van der Waals surface area contributed by atoms with Crippen LogP contribution in [-0.2, 0) is 11.3 Å². The van der Waals surface area contributed by atoms with Crippen LogP contribution in [0.25, 0.3) is 11.3 Å². The molecule has 5 nitrogen and oxygen atoms in total. The lowest BCUT2D eigenvalue weighted by atomic mass is 10.1. The number of nitrogens with one attached hydrogen (secondary N) is 1. The second-order valence-corrected chi connectivity index (χ2v) is 6.01. The van der Waals surface area contributed by atoms with Gasteiger partial charge in [-0.15, -0.1) is 0 Å². The molecule has 5 heteroatoms. The number of anilines is 1. The van der Waals surface area contributed by atoms with Crippen LogP contribution in [0.4, 0.5) is 5.69 Å². The number of benzene rings is 2. The number of rotatable bonds is 4. The standard InChI is InChI=1S/C20H19N3O2/c1-14-10-15(2)12-17(11-14)21-19(24)13-23-20(25)9-8-18(22-23)16-6-4-3-5-7-16/h3-12H,13H2,1-2H3,(H,21,24). The summed E-state index contributed by atoms with van der Waals surface area (Å²) in [6.45, 7) is 3.81. The molecule has 3 rings (SSSR count). The number of carbonyl (C=O) groups excluding carboxylic acids is 1. The van der Waals surface area contributed by atoms with Crippen molar-refractivity contribution in [3.05, 3.63) is 82.1 Å². The summed E-state index contributed by atoms with van der Waals surface area (Å²) >= 11 is 0. The van der Waals surface area contributed by atoms with E-state index in [-0.39, 0.29) is 18.0 Å². The molecule has 0 spiro atoms. The molecule has 0 bridgehead atoms. The van der Waals surface area contributed by atoms with Crippen molar-refractivity contribution in [1.29, 1.82) is 0 Å². The van der Waals surface area contributed by atoms with Gasteiger partial charge < -0.3 is 5.32 Å². The summed E-state index contributed by atoms with van der Waals surface area (Å²) in [6.07, 6.45) is 0. The van der Waals surface area contributed by atoms with Crippen molar-refractivity contribution in [3.63, 3.8) is 0 Å². The second-order valence-electron chi connectivity index (χ2n) is 6.01. The summed E-state index contributed by atoms with van der Waals surface area (Å²) in [4.78, 5) is 24.3. The van der Waals surface area contributed by atoms with Crippen molar-refractivity contribution in [1.82, 2.24) is 9.78 Å². The average molecular weight is 333 g/mol. The highest BCUT2D eigenvalue weighted by Gasteiger charge is 2.09. The highest BCUT2D eigenvalue weighted by molar-refractivity contribution is 5.90. The van der Waals surface area contributed by atoms with Crippen LogP contribution in [0.5, 0.6) is 0 Å². The summed E-state index contributed by atoms with van der Waals surface area (Å²) < 4.78 is 1.18. The van der Waals surface area contributed by atoms with E-state index in [0.717, 1.165) is 22.4 Å². The van der Waals surface area contributed by atoms with Crippen LogP contribution in [-0.4, -0.2) is 15.7 Å². The first-order valence-electron chi connectivity index (χ1n) is 8.03. The van der Waals surface area contributed by atoms with E-state index in [9.17, 15) is 9.59 Å². The molecule has 0 aliphatic carbocycles. The maximum atomic E-state index is 12.3. The normalized spacial score (nSPS) is 10.5. The van der Waals surface area contributed by atoms with Gasteiger partial charge in [0, 0.05) is 17.3 Å². The van der Waals surface area contributed by atoms with E-state index in [1.165, 1.54) is 10.7 Å². The van der Waals surface area contributed by atoms with E-state index >= 15 is 0 Å². The summed E-state index contributed by atoms with van der Waals surface area (Å²) in [7, 11) is 0. The molecule has 0 atom stereocenters. The predicted molar refractivity (Wildman–Crippen MR) is 98.5 cm³/mol. The minimum Gasteiger partial charge on any atom is -0.324 e. The Bertz CT molecular complexity index is 942. The van der Waals surface area contributed by atoms with E-state index in [1.54, 1.807) is 6.07 Å². The minimum atomic E-state index is -0.310. The Morgan fingerprint density at radius 1 is 1.00 bits per heavy atom. The molecule has 1 heterocycles. The van der Waals surface area contributed by atoms with Crippen molar-refractivity contribution >= 4 is 11.6 Å². The van der Waals surface area contributed by atoms with Gasteiger partial charge in [0.1, 0.15) is 6.54 Å². The highest BCUT2D eigenvalue weighted by atomic mass is 16.2. The third kappa shape index (κ3) is 4.20. The smallest absolute Gasteiger partial charge is 0.267 e. The Morgan fingerprint density at radius 2 is 1.68 bits per heavy atom. The van der Waals surface area contributed by atoms with Gasteiger partial charge in [-0.2, -0.15) is 5.10 Å². The van der Waals surface area contributed by atoms with Gasteiger partial charge in [0.25, 0.3) is 5.56 Å². The first kappa shape index (κ1) is 16.6. The monoisotopic (exact) mass is 333 g/mol. The van der Waals surface area contributed by atoms with E-state index in [0.29, 0.717) is 5.69 Å². The van der Waals surface area contributed by atoms with Gasteiger partial charge in [-0.25, -0.2) is 4.68 Å². The van der Waals surface area contributed by atoms with Crippen LogP contribution >= 0.6 is 0 Å². The molecule has 1 N–H and O–H groups in total. The van der Waals surface area contributed by atoms with Gasteiger partial charge in [-0.1, -0.05) is 36.4 Å². The van der Waals surface area contributed by atoms with E-state index < -0.39 is 0 Å². The summed E-state index contributed by atoms with van der Waals surface area (Å²) in [5, 5.41) is 7.12. The third-order valence-corrected chi connectivity index (χ3v) is 3.73. The Labute approximate surface area is 145 Å². The number of aromatic nitrogens is 2. The van der Waals surface area contributed by atoms with Gasteiger partial charge in [-0.05, 0) is 43.2 Å². The second kappa shape index (κ2) is 7.13. The fraction of sp³-hybridized carbons (Fsp3) is 0.150. The molecule has 0 radical (unpaired) electrons. The lowest BCUT2D eigenvalue weighted by Gasteiger charge is -2.09. The summed E-state index contributed by atoms with van der Waals surface area (Å²) in [5.74, 6) is -0.287. The van der Waals surface area contributed by atoms with Crippen LogP contribution < -0.4 is 10.9 Å². The molecular formula is C20H19N3O2. The molecule has 3 aromatic rings. The van der Waals surface area contributed by atoms with Gasteiger partial charge in [0.15, 0.2) is 0 Å². The molecule has 0 aliphatic rings. The Hall–Kier alpha value is -3.21. The summed E-state index contributed by atoms with van der Waals surface area (Å²) in [6, 6.07) is 18.4. The number of aryl methyl sites for hydroxylation is 2. The van der Waals surface area contributed by atoms with E-state index in [4.69, 9.17) is 0 Å². The molecular weight excluding hydrogens is 314 g/mol. The number of carbonyl (C=O) groups is 1. The fourth-order valence-corrected chi connectivity index (χ4v) is 2.71. The molecule has 1 aromatic heterocycles. The molecule has 0 saturated heterocycles. The first-order valence-corrected chi connectivity index (χ1v) is 8.03. The van der Waals surface area contributed by atoms with Crippen molar-refractivity contribution in [2.24, 2.45) is 0 Å². The molecule has 126 valence electrons. The predicted octanol–water partition coefficient (Wildman–Crippen LogP) is 3.17. The molecule has 0 saturated carbocycles. The topological polar surface area (TPSA) is 64.0 Å². The molecule has 0 fully saturated rings. The maximum Gasteiger partial charge on any atom is 0.267 e. The van der Waals surface area contributed by atoms with Crippen molar-refractivity contribution in [3.8, 4) is 11.3 Å². The zero-order valence-electron chi connectivity index (χ0n) is 14.2. The van der Waals surface area contributed by atoms with Crippen molar-refractivity contribution in [2.75, 3.05) is 5.32 Å². The Morgan fingerprint density at radius 3 is 2.36 bits per heavy atom. The third-order valence-electron chi connectivity index (χ3n) is 3.73. The molecule has 2 aromatic carbocycles. The minimum absolute atomic E-state index is 0.132. The number of amides is 1. The molecule has 25 heavy (non-hydrogen) atoms. The summed E-state index contributed by atoms with van der Waals surface area (Å²) in [5.41, 5.74) is 4.09. The quantitative estimate of drug-likeness (QED) is 0.797. The SMILES string of the molecule is Cc1cc(C)cc(NC(=O)Cn2nc(-c3ccccc3)ccc2=O)c1. The zero-order chi connectivity index (χ0) is 17.8.